The lowest BCUT2D eigenvalue weighted by molar-refractivity contribution is -0.118. The maximum Gasteiger partial charge on any atom is 0.277 e. The first-order valence-corrected chi connectivity index (χ1v) is 5.74. The standard InChI is InChI=1S/C14H13N3O2/c15-13(18)10-17-8-6-12(7-9-17)16-14(19)11-4-2-1-3-5-11/h1-9H,10H2,(H2,15,18). The van der Waals surface area contributed by atoms with Gasteiger partial charge in [0.05, 0.1) is 5.36 Å². The minimum atomic E-state index is -0.421. The number of primary amides is 1. The highest BCUT2D eigenvalue weighted by molar-refractivity contribution is 5.94. The molecule has 5 heteroatoms. The number of nitrogens with zero attached hydrogens (tertiary/aromatic N) is 2. The molecule has 0 saturated heterocycles. The van der Waals surface area contributed by atoms with E-state index in [1.807, 2.05) is 6.07 Å². The second kappa shape index (κ2) is 5.77. The molecule has 0 aliphatic heterocycles. The van der Waals surface area contributed by atoms with E-state index in [1.54, 1.807) is 53.4 Å². The summed E-state index contributed by atoms with van der Waals surface area (Å²) in [6, 6.07) is 12.1. The maximum atomic E-state index is 11.8. The fraction of sp³-hybridized carbons (Fsp3) is 0.0714. The third-order valence-corrected chi connectivity index (χ3v) is 2.46. The van der Waals surface area contributed by atoms with Gasteiger partial charge in [-0.2, -0.15) is 0 Å². The molecule has 2 N–H and O–H groups in total. The molecule has 0 aliphatic carbocycles. The van der Waals surface area contributed by atoms with Gasteiger partial charge in [0.25, 0.3) is 5.91 Å². The molecule has 0 bridgehead atoms. The molecule has 1 aromatic carbocycles. The van der Waals surface area contributed by atoms with Gasteiger partial charge in [-0.25, -0.2) is 4.99 Å². The van der Waals surface area contributed by atoms with Crippen LogP contribution in [0.3, 0.4) is 0 Å². The number of benzene rings is 1. The van der Waals surface area contributed by atoms with Crippen LogP contribution in [0.4, 0.5) is 0 Å². The van der Waals surface area contributed by atoms with E-state index in [1.165, 1.54) is 0 Å². The molecule has 0 saturated carbocycles. The van der Waals surface area contributed by atoms with Crippen LogP contribution in [-0.4, -0.2) is 16.4 Å². The van der Waals surface area contributed by atoms with Crippen LogP contribution in [0.2, 0.25) is 0 Å². The Hall–Kier alpha value is -2.69. The topological polar surface area (TPSA) is 77.5 Å². The van der Waals surface area contributed by atoms with Gasteiger partial charge in [0.1, 0.15) is 6.54 Å². The predicted molar refractivity (Wildman–Crippen MR) is 70.0 cm³/mol. The normalized spacial score (nSPS) is 9.89. The zero-order valence-electron chi connectivity index (χ0n) is 10.2. The summed E-state index contributed by atoms with van der Waals surface area (Å²) in [4.78, 5) is 26.6. The van der Waals surface area contributed by atoms with Crippen LogP contribution in [0, 0.1) is 0 Å². The molecule has 0 fully saturated rings. The van der Waals surface area contributed by atoms with Crippen molar-refractivity contribution >= 4 is 11.8 Å². The van der Waals surface area contributed by atoms with Gasteiger partial charge >= 0.3 is 0 Å². The van der Waals surface area contributed by atoms with Crippen LogP contribution >= 0.6 is 0 Å². The molecule has 0 radical (unpaired) electrons. The minimum Gasteiger partial charge on any atom is -0.368 e. The molecule has 2 rings (SSSR count). The van der Waals surface area contributed by atoms with Gasteiger partial charge in [-0.15, -0.1) is 0 Å². The van der Waals surface area contributed by atoms with E-state index in [2.05, 4.69) is 4.99 Å². The van der Waals surface area contributed by atoms with E-state index in [4.69, 9.17) is 5.73 Å². The van der Waals surface area contributed by atoms with Gasteiger partial charge in [0.2, 0.25) is 5.91 Å². The minimum absolute atomic E-state index is 0.104. The van der Waals surface area contributed by atoms with E-state index in [9.17, 15) is 9.59 Å². The summed E-state index contributed by atoms with van der Waals surface area (Å²) in [7, 11) is 0. The number of amides is 2. The average molecular weight is 255 g/mol. The Bertz CT molecular complexity index is 639. The van der Waals surface area contributed by atoms with Crippen molar-refractivity contribution in [2.24, 2.45) is 10.7 Å². The van der Waals surface area contributed by atoms with Gasteiger partial charge in [0.15, 0.2) is 0 Å². The molecular weight excluding hydrogens is 242 g/mol. The summed E-state index contributed by atoms with van der Waals surface area (Å²) < 4.78 is 1.62. The lowest BCUT2D eigenvalue weighted by Crippen LogP contribution is -2.19. The van der Waals surface area contributed by atoms with E-state index < -0.39 is 5.91 Å². The van der Waals surface area contributed by atoms with E-state index in [-0.39, 0.29) is 12.5 Å². The molecule has 2 amide bonds. The number of nitrogens with two attached hydrogens (primary N) is 1. The quantitative estimate of drug-likeness (QED) is 0.877. The molecule has 1 heterocycles. The Labute approximate surface area is 110 Å². The first-order chi connectivity index (χ1) is 9.15. The Balaban J connectivity index is 2.20. The fourth-order valence-corrected chi connectivity index (χ4v) is 1.57. The first kappa shape index (κ1) is 12.8. The van der Waals surface area contributed by atoms with Crippen LogP contribution in [0.1, 0.15) is 10.4 Å². The molecule has 0 atom stereocenters. The molecule has 2 aromatic rings. The predicted octanol–water partition coefficient (Wildman–Crippen LogP) is 0.714. The van der Waals surface area contributed by atoms with E-state index in [0.717, 1.165) is 0 Å². The lowest BCUT2D eigenvalue weighted by Gasteiger charge is -2.01. The van der Waals surface area contributed by atoms with Gasteiger partial charge < -0.3 is 10.3 Å². The molecule has 0 unspecified atom stereocenters. The summed E-state index contributed by atoms with van der Waals surface area (Å²) >= 11 is 0. The van der Waals surface area contributed by atoms with Gasteiger partial charge in [-0.1, -0.05) is 18.2 Å². The smallest absolute Gasteiger partial charge is 0.277 e. The van der Waals surface area contributed by atoms with Crippen molar-refractivity contribution in [2.45, 2.75) is 6.54 Å². The number of aromatic nitrogens is 1. The third kappa shape index (κ3) is 3.64. The van der Waals surface area contributed by atoms with Crippen LogP contribution in [0.5, 0.6) is 0 Å². The first-order valence-electron chi connectivity index (χ1n) is 5.74. The number of hydrogen-bond acceptors (Lipinski definition) is 2. The van der Waals surface area contributed by atoms with Crippen molar-refractivity contribution in [3.63, 3.8) is 0 Å². The molecule has 0 aliphatic rings. The second-order valence-corrected chi connectivity index (χ2v) is 3.98. The van der Waals surface area contributed by atoms with E-state index >= 15 is 0 Å². The van der Waals surface area contributed by atoms with Crippen LogP contribution in [-0.2, 0) is 11.3 Å². The van der Waals surface area contributed by atoms with Crippen molar-refractivity contribution in [3.8, 4) is 0 Å². The van der Waals surface area contributed by atoms with Crippen molar-refractivity contribution in [1.82, 2.24) is 4.57 Å². The largest absolute Gasteiger partial charge is 0.368 e. The summed E-state index contributed by atoms with van der Waals surface area (Å²) in [6.07, 6.45) is 3.31. The van der Waals surface area contributed by atoms with Crippen LogP contribution in [0.15, 0.2) is 59.9 Å². The van der Waals surface area contributed by atoms with Crippen molar-refractivity contribution in [1.29, 1.82) is 0 Å². The average Bonchev–Trinajstić information content (AvgIpc) is 2.41. The summed E-state index contributed by atoms with van der Waals surface area (Å²) in [5.41, 5.74) is 5.62. The van der Waals surface area contributed by atoms with Crippen LogP contribution < -0.4 is 11.1 Å². The molecule has 0 spiro atoms. The third-order valence-electron chi connectivity index (χ3n) is 2.46. The summed E-state index contributed by atoms with van der Waals surface area (Å²) in [5, 5.41) is 0.537. The Morgan fingerprint density at radius 1 is 1.05 bits per heavy atom. The molecular formula is C14H13N3O2. The molecule has 1 aromatic heterocycles. The Morgan fingerprint density at radius 3 is 2.26 bits per heavy atom. The number of rotatable bonds is 3. The molecule has 96 valence electrons. The maximum absolute atomic E-state index is 11.8. The SMILES string of the molecule is NC(=O)Cn1ccc(=NC(=O)c2ccccc2)cc1. The van der Waals surface area contributed by atoms with Gasteiger partial charge in [-0.05, 0) is 24.3 Å². The zero-order valence-corrected chi connectivity index (χ0v) is 10.2. The molecule has 19 heavy (non-hydrogen) atoms. The number of hydrogen-bond donors (Lipinski definition) is 1. The summed E-state index contributed by atoms with van der Waals surface area (Å²) in [6.45, 7) is 0.104. The monoisotopic (exact) mass is 255 g/mol. The van der Waals surface area contributed by atoms with Crippen molar-refractivity contribution < 1.29 is 9.59 Å². The number of pyridine rings is 1. The number of carbonyl (C=O) groups excluding carboxylic acids is 2. The number of carbonyl (C=O) groups is 2. The van der Waals surface area contributed by atoms with Gasteiger partial charge in [0, 0.05) is 18.0 Å². The fourth-order valence-electron chi connectivity index (χ4n) is 1.57. The van der Waals surface area contributed by atoms with Crippen molar-refractivity contribution in [2.75, 3.05) is 0 Å². The highest BCUT2D eigenvalue weighted by Gasteiger charge is 2.01. The van der Waals surface area contributed by atoms with Crippen LogP contribution in [0.25, 0.3) is 0 Å². The van der Waals surface area contributed by atoms with Crippen molar-refractivity contribution in [3.05, 3.63) is 65.8 Å². The Morgan fingerprint density at radius 2 is 1.68 bits per heavy atom. The molecule has 5 nitrogen and oxygen atoms in total. The zero-order chi connectivity index (χ0) is 13.7. The Kier molecular flexibility index (Phi) is 3.87. The summed E-state index contributed by atoms with van der Waals surface area (Å²) in [5.74, 6) is -0.719. The highest BCUT2D eigenvalue weighted by atomic mass is 16.1. The van der Waals surface area contributed by atoms with E-state index in [0.29, 0.717) is 10.9 Å². The second-order valence-electron chi connectivity index (χ2n) is 3.98. The van der Waals surface area contributed by atoms with Gasteiger partial charge in [-0.3, -0.25) is 9.59 Å². The highest BCUT2D eigenvalue weighted by Crippen LogP contribution is 1.99. The lowest BCUT2D eigenvalue weighted by atomic mass is 10.2.